The molecule has 6 nitrogen and oxygen atoms in total. The van der Waals surface area contributed by atoms with Gasteiger partial charge in [-0.05, 0) is 26.0 Å². The van der Waals surface area contributed by atoms with Crippen molar-refractivity contribution in [2.45, 2.75) is 13.8 Å². The van der Waals surface area contributed by atoms with Gasteiger partial charge in [0.1, 0.15) is 5.82 Å². The van der Waals surface area contributed by atoms with Gasteiger partial charge < -0.3 is 14.5 Å². The van der Waals surface area contributed by atoms with Crippen molar-refractivity contribution in [3.63, 3.8) is 0 Å². The molecule has 0 spiro atoms. The van der Waals surface area contributed by atoms with Crippen LogP contribution in [0.1, 0.15) is 19.4 Å². The largest absolute Gasteiger partial charge is 0.452 e. The molecule has 0 bridgehead atoms. The number of anilines is 1. The van der Waals surface area contributed by atoms with E-state index in [1.165, 1.54) is 13.2 Å². The molecule has 1 aromatic rings. The average Bonchev–Trinajstić information content (AvgIpc) is 2.59. The fourth-order valence-corrected chi connectivity index (χ4v) is 2.65. The number of quaternary nitrogens is 1. The lowest BCUT2D eigenvalue weighted by atomic mass is 10.1. The Morgan fingerprint density at radius 2 is 2.13 bits per heavy atom. The van der Waals surface area contributed by atoms with Gasteiger partial charge in [0.15, 0.2) is 0 Å². The van der Waals surface area contributed by atoms with Crippen LogP contribution in [0.4, 0.5) is 14.9 Å². The minimum atomic E-state index is -0.655. The molecule has 0 atom stereocenters. The second kappa shape index (κ2) is 7.92. The number of amides is 1. The van der Waals surface area contributed by atoms with Crippen LogP contribution in [0.25, 0.3) is 0 Å². The van der Waals surface area contributed by atoms with Gasteiger partial charge in [-0.25, -0.2) is 14.6 Å². The molecule has 23 heavy (non-hydrogen) atoms. The highest BCUT2D eigenvalue weighted by molar-refractivity contribution is 5.99. The monoisotopic (exact) mass is 323 g/mol. The number of likely N-dealkylation sites (N-methyl/N-ethyl adjacent to an activating group) is 1. The van der Waals surface area contributed by atoms with Crippen LogP contribution >= 0.6 is 0 Å². The predicted octanol–water partition coefficient (Wildman–Crippen LogP) is 0.631. The number of piperazine rings is 1. The van der Waals surface area contributed by atoms with Crippen molar-refractivity contribution in [3.05, 3.63) is 29.6 Å². The molecule has 1 aliphatic rings. The first kappa shape index (κ1) is 17.2. The molecule has 0 saturated carbocycles. The van der Waals surface area contributed by atoms with Gasteiger partial charge in [0, 0.05) is 5.56 Å². The van der Waals surface area contributed by atoms with Gasteiger partial charge in [0.2, 0.25) is 0 Å². The molecule has 0 aromatic heterocycles. The standard InChI is InChI=1S/C16H23FN4O2/c1-4-20-7-9-21(10-8-20)15-6-5-13(11-14(15)17)12(2)18-19-16(22)23-3/h5-6,11H,4,7-10H2,1-3H3,(H,19,22)/p+1/b18-12-. The zero-order valence-electron chi connectivity index (χ0n) is 13.9. The Labute approximate surface area is 135 Å². The molecule has 1 saturated heterocycles. The van der Waals surface area contributed by atoms with Crippen molar-refractivity contribution in [2.75, 3.05) is 44.7 Å². The summed E-state index contributed by atoms with van der Waals surface area (Å²) in [6.07, 6.45) is -0.655. The zero-order chi connectivity index (χ0) is 16.8. The highest BCUT2D eigenvalue weighted by atomic mass is 19.1. The van der Waals surface area contributed by atoms with Crippen LogP contribution in [0.15, 0.2) is 23.3 Å². The lowest BCUT2D eigenvalue weighted by molar-refractivity contribution is -0.898. The quantitative estimate of drug-likeness (QED) is 0.631. The van der Waals surface area contributed by atoms with E-state index in [4.69, 9.17) is 0 Å². The summed E-state index contributed by atoms with van der Waals surface area (Å²) in [4.78, 5) is 14.6. The topological polar surface area (TPSA) is 58.4 Å². The van der Waals surface area contributed by atoms with Gasteiger partial charge in [-0.3, -0.25) is 0 Å². The van der Waals surface area contributed by atoms with Crippen LogP contribution in [0.2, 0.25) is 0 Å². The highest BCUT2D eigenvalue weighted by Gasteiger charge is 2.21. The summed E-state index contributed by atoms with van der Waals surface area (Å²) in [5.74, 6) is -0.268. The summed E-state index contributed by atoms with van der Waals surface area (Å²) < 4.78 is 18.9. The molecule has 7 heteroatoms. The normalized spacial score (nSPS) is 16.3. The number of hydrazone groups is 1. The van der Waals surface area contributed by atoms with E-state index in [0.29, 0.717) is 17.0 Å². The van der Waals surface area contributed by atoms with Crippen LogP contribution in [-0.2, 0) is 4.74 Å². The van der Waals surface area contributed by atoms with Crippen molar-refractivity contribution in [1.82, 2.24) is 5.43 Å². The van der Waals surface area contributed by atoms with Crippen LogP contribution in [0.5, 0.6) is 0 Å². The number of hydrogen-bond acceptors (Lipinski definition) is 4. The van der Waals surface area contributed by atoms with E-state index in [1.54, 1.807) is 17.9 Å². The Hall–Kier alpha value is -2.15. The van der Waals surface area contributed by atoms with E-state index >= 15 is 0 Å². The molecular weight excluding hydrogens is 299 g/mol. The molecular formula is C16H24FN4O2+. The maximum absolute atomic E-state index is 14.4. The molecule has 1 aliphatic heterocycles. The zero-order valence-corrected chi connectivity index (χ0v) is 13.9. The first-order valence-corrected chi connectivity index (χ1v) is 7.81. The van der Waals surface area contributed by atoms with Gasteiger partial charge in [-0.1, -0.05) is 6.07 Å². The van der Waals surface area contributed by atoms with Gasteiger partial charge >= 0.3 is 6.09 Å². The third-order valence-electron chi connectivity index (χ3n) is 4.18. The number of carbonyl (C=O) groups excluding carboxylic acids is 1. The van der Waals surface area contributed by atoms with E-state index < -0.39 is 6.09 Å². The van der Waals surface area contributed by atoms with E-state index in [-0.39, 0.29) is 5.82 Å². The second-order valence-corrected chi connectivity index (χ2v) is 5.56. The summed E-state index contributed by atoms with van der Waals surface area (Å²) in [5.41, 5.74) is 3.99. The Balaban J connectivity index is 2.07. The van der Waals surface area contributed by atoms with Crippen LogP contribution in [0, 0.1) is 5.82 Å². The van der Waals surface area contributed by atoms with E-state index in [1.807, 2.05) is 6.07 Å². The van der Waals surface area contributed by atoms with Crippen molar-refractivity contribution < 1.29 is 18.8 Å². The number of carbonyl (C=O) groups is 1. The van der Waals surface area contributed by atoms with Crippen molar-refractivity contribution in [2.24, 2.45) is 5.10 Å². The number of methoxy groups -OCH3 is 1. The lowest BCUT2D eigenvalue weighted by Gasteiger charge is -2.33. The molecule has 0 aliphatic carbocycles. The minimum Gasteiger partial charge on any atom is -0.452 e. The van der Waals surface area contributed by atoms with Crippen LogP contribution < -0.4 is 15.2 Å². The molecule has 1 amide bonds. The number of halogens is 1. The Bertz CT molecular complexity index is 583. The molecule has 1 fully saturated rings. The SMILES string of the molecule is CC[NH+]1CCN(c2ccc(/C(C)=N\NC(=O)OC)cc2F)CC1. The number of rotatable bonds is 4. The minimum absolute atomic E-state index is 0.268. The molecule has 1 heterocycles. The third kappa shape index (κ3) is 4.41. The average molecular weight is 323 g/mol. The maximum Gasteiger partial charge on any atom is 0.427 e. The fraction of sp³-hybridized carbons (Fsp3) is 0.500. The van der Waals surface area contributed by atoms with Crippen molar-refractivity contribution in [3.8, 4) is 0 Å². The van der Waals surface area contributed by atoms with E-state index in [0.717, 1.165) is 32.7 Å². The first-order valence-electron chi connectivity index (χ1n) is 7.81. The van der Waals surface area contributed by atoms with Crippen LogP contribution in [-0.4, -0.2) is 51.6 Å². The molecule has 2 rings (SSSR count). The fourth-order valence-electron chi connectivity index (χ4n) is 2.65. The second-order valence-electron chi connectivity index (χ2n) is 5.56. The van der Waals surface area contributed by atoms with Gasteiger partial charge in [0.05, 0.1) is 51.2 Å². The molecule has 126 valence electrons. The summed E-state index contributed by atoms with van der Waals surface area (Å²) in [7, 11) is 1.26. The molecule has 1 aromatic carbocycles. The van der Waals surface area contributed by atoms with Gasteiger partial charge in [-0.15, -0.1) is 0 Å². The Morgan fingerprint density at radius 3 is 2.70 bits per heavy atom. The summed E-state index contributed by atoms with van der Waals surface area (Å²) >= 11 is 0. The van der Waals surface area contributed by atoms with Crippen LogP contribution in [0.3, 0.4) is 0 Å². The first-order chi connectivity index (χ1) is 11.0. The van der Waals surface area contributed by atoms with E-state index in [2.05, 4.69) is 27.1 Å². The summed E-state index contributed by atoms with van der Waals surface area (Å²) in [6, 6.07) is 5.04. The number of ether oxygens (including phenoxy) is 1. The van der Waals surface area contributed by atoms with Gasteiger partial charge in [0.25, 0.3) is 0 Å². The number of benzene rings is 1. The van der Waals surface area contributed by atoms with Crippen molar-refractivity contribution in [1.29, 1.82) is 0 Å². The Morgan fingerprint density at radius 1 is 1.43 bits per heavy atom. The predicted molar refractivity (Wildman–Crippen MR) is 87.6 cm³/mol. The highest BCUT2D eigenvalue weighted by Crippen LogP contribution is 2.21. The number of nitrogens with zero attached hydrogens (tertiary/aromatic N) is 2. The van der Waals surface area contributed by atoms with Crippen molar-refractivity contribution >= 4 is 17.5 Å². The summed E-state index contributed by atoms with van der Waals surface area (Å²) in [6.45, 7) is 8.76. The third-order valence-corrected chi connectivity index (χ3v) is 4.18. The van der Waals surface area contributed by atoms with Gasteiger partial charge in [-0.2, -0.15) is 5.10 Å². The number of nitrogens with one attached hydrogen (secondary N) is 2. The lowest BCUT2D eigenvalue weighted by Crippen LogP contribution is -3.14. The Kier molecular flexibility index (Phi) is 5.92. The molecule has 0 unspecified atom stereocenters. The molecule has 0 radical (unpaired) electrons. The number of hydrogen-bond donors (Lipinski definition) is 2. The maximum atomic E-state index is 14.4. The smallest absolute Gasteiger partial charge is 0.427 e. The molecule has 2 N–H and O–H groups in total. The van der Waals surface area contributed by atoms with E-state index in [9.17, 15) is 9.18 Å². The summed E-state index contributed by atoms with van der Waals surface area (Å²) in [5, 5.41) is 3.88.